The van der Waals surface area contributed by atoms with Crippen LogP contribution >= 0.6 is 0 Å². The summed E-state index contributed by atoms with van der Waals surface area (Å²) in [7, 11) is 0. The number of hydrogen-bond donors (Lipinski definition) is 1. The van der Waals surface area contributed by atoms with Gasteiger partial charge < -0.3 is 14.8 Å². The molecule has 134 valence electrons. The Morgan fingerprint density at radius 3 is 2.57 bits per heavy atom. The lowest BCUT2D eigenvalue weighted by Crippen LogP contribution is -2.63. The van der Waals surface area contributed by atoms with Gasteiger partial charge in [-0.3, -0.25) is 4.90 Å². The van der Waals surface area contributed by atoms with Gasteiger partial charge in [0.25, 0.3) is 0 Å². The summed E-state index contributed by atoms with van der Waals surface area (Å²) >= 11 is 0. The van der Waals surface area contributed by atoms with E-state index in [4.69, 9.17) is 9.47 Å². The molecule has 1 heterocycles. The summed E-state index contributed by atoms with van der Waals surface area (Å²) in [5.74, 6) is 0.535. The second-order valence-electron chi connectivity index (χ2n) is 8.55. The molecule has 1 saturated heterocycles. The lowest BCUT2D eigenvalue weighted by Gasteiger charge is -2.53. The molecule has 1 spiro atoms. The van der Waals surface area contributed by atoms with Gasteiger partial charge in [-0.15, -0.1) is 0 Å². The van der Waals surface area contributed by atoms with E-state index in [1.165, 1.54) is 19.3 Å². The van der Waals surface area contributed by atoms with Crippen LogP contribution in [0.3, 0.4) is 0 Å². The van der Waals surface area contributed by atoms with Crippen molar-refractivity contribution >= 4 is 6.09 Å². The van der Waals surface area contributed by atoms with Crippen LogP contribution in [-0.4, -0.2) is 54.5 Å². The summed E-state index contributed by atoms with van der Waals surface area (Å²) < 4.78 is 11.2. The molecule has 1 N–H and O–H groups in total. The average Bonchev–Trinajstić information content (AvgIpc) is 2.34. The smallest absolute Gasteiger partial charge is 0.407 e. The number of nitrogens with zero attached hydrogens (tertiary/aromatic N) is 1. The first-order valence-corrected chi connectivity index (χ1v) is 9.02. The number of amides is 1. The summed E-state index contributed by atoms with van der Waals surface area (Å²) in [5.41, 5.74) is -0.232. The molecule has 0 aromatic heterocycles. The third-order valence-electron chi connectivity index (χ3n) is 4.75. The predicted octanol–water partition coefficient (Wildman–Crippen LogP) is 3.18. The van der Waals surface area contributed by atoms with E-state index in [0.717, 1.165) is 32.7 Å². The molecule has 2 rings (SSSR count). The number of rotatable bonds is 5. The number of ether oxygens (including phenoxy) is 2. The Morgan fingerprint density at radius 1 is 1.35 bits per heavy atom. The summed E-state index contributed by atoms with van der Waals surface area (Å²) in [6, 6.07) is 0.125. The normalized spacial score (nSPS) is 22.7. The van der Waals surface area contributed by atoms with Gasteiger partial charge in [0.1, 0.15) is 5.60 Å². The molecule has 1 aliphatic heterocycles. The van der Waals surface area contributed by atoms with Crippen molar-refractivity contribution in [2.75, 3.05) is 26.3 Å². The van der Waals surface area contributed by atoms with Gasteiger partial charge in [-0.1, -0.05) is 13.8 Å². The highest BCUT2D eigenvalue weighted by Gasteiger charge is 2.45. The first-order valence-electron chi connectivity index (χ1n) is 9.02. The van der Waals surface area contributed by atoms with Gasteiger partial charge in [-0.05, 0) is 52.4 Å². The lowest BCUT2D eigenvalue weighted by atomic mass is 9.75. The van der Waals surface area contributed by atoms with Gasteiger partial charge in [0.2, 0.25) is 0 Å². The lowest BCUT2D eigenvalue weighted by molar-refractivity contribution is -0.110. The third-order valence-corrected chi connectivity index (χ3v) is 4.75. The molecule has 0 unspecified atom stereocenters. The van der Waals surface area contributed by atoms with E-state index in [2.05, 4.69) is 24.1 Å². The zero-order valence-electron chi connectivity index (χ0n) is 15.5. The Labute approximate surface area is 141 Å². The van der Waals surface area contributed by atoms with Gasteiger partial charge >= 0.3 is 6.09 Å². The van der Waals surface area contributed by atoms with Crippen molar-refractivity contribution in [2.45, 2.75) is 77.5 Å². The van der Waals surface area contributed by atoms with E-state index < -0.39 is 5.60 Å². The molecule has 1 saturated carbocycles. The molecule has 1 atom stereocenters. The summed E-state index contributed by atoms with van der Waals surface area (Å²) in [5, 5.41) is 3.09. The predicted molar refractivity (Wildman–Crippen MR) is 91.6 cm³/mol. The minimum Gasteiger partial charge on any atom is -0.444 e. The highest BCUT2D eigenvalue weighted by Crippen LogP contribution is 2.39. The largest absolute Gasteiger partial charge is 0.444 e. The second kappa shape index (κ2) is 7.39. The average molecular weight is 326 g/mol. The molecular formula is C18H34N2O3. The zero-order chi connectivity index (χ0) is 17.1. The Bertz CT molecular complexity index is 400. The molecule has 5 heteroatoms. The SMILES string of the molecule is CC(C)C[C@H](CN1CCOCC12CCC2)NC(=O)OC(C)(C)C. The van der Waals surface area contributed by atoms with Crippen LogP contribution in [0.5, 0.6) is 0 Å². The molecule has 0 aromatic carbocycles. The van der Waals surface area contributed by atoms with Crippen molar-refractivity contribution in [1.82, 2.24) is 10.2 Å². The standard InChI is InChI=1S/C18H34N2O3/c1-14(2)11-15(19-16(21)23-17(3,4)5)12-20-9-10-22-13-18(20)7-6-8-18/h14-15H,6-13H2,1-5H3,(H,19,21)/t15-/m1/s1. The number of alkyl carbamates (subject to hydrolysis) is 1. The van der Waals surface area contributed by atoms with E-state index >= 15 is 0 Å². The molecule has 0 bridgehead atoms. The molecule has 0 radical (unpaired) electrons. The van der Waals surface area contributed by atoms with Crippen LogP contribution in [0.4, 0.5) is 4.79 Å². The maximum Gasteiger partial charge on any atom is 0.407 e. The van der Waals surface area contributed by atoms with Crippen molar-refractivity contribution in [3.8, 4) is 0 Å². The van der Waals surface area contributed by atoms with Crippen LogP contribution in [0.15, 0.2) is 0 Å². The first-order chi connectivity index (χ1) is 10.7. The zero-order valence-corrected chi connectivity index (χ0v) is 15.5. The van der Waals surface area contributed by atoms with Gasteiger partial charge in [-0.25, -0.2) is 4.79 Å². The van der Waals surface area contributed by atoms with Crippen LogP contribution < -0.4 is 5.32 Å². The number of morpholine rings is 1. The van der Waals surface area contributed by atoms with Crippen LogP contribution in [0.1, 0.15) is 60.3 Å². The molecule has 1 amide bonds. The first kappa shape index (κ1) is 18.5. The van der Waals surface area contributed by atoms with Crippen LogP contribution in [0, 0.1) is 5.92 Å². The fourth-order valence-corrected chi connectivity index (χ4v) is 3.58. The molecule has 23 heavy (non-hydrogen) atoms. The van der Waals surface area contributed by atoms with Gasteiger partial charge in [0, 0.05) is 24.7 Å². The van der Waals surface area contributed by atoms with E-state index in [1.807, 2.05) is 20.8 Å². The minimum atomic E-state index is -0.458. The van der Waals surface area contributed by atoms with Crippen molar-refractivity contribution < 1.29 is 14.3 Å². The molecule has 5 nitrogen and oxygen atoms in total. The molecular weight excluding hydrogens is 292 g/mol. The van der Waals surface area contributed by atoms with Crippen molar-refractivity contribution in [3.63, 3.8) is 0 Å². The number of nitrogens with one attached hydrogen (secondary N) is 1. The fourth-order valence-electron chi connectivity index (χ4n) is 3.58. The quantitative estimate of drug-likeness (QED) is 0.843. The Balaban J connectivity index is 1.96. The maximum absolute atomic E-state index is 12.2. The number of carbonyl (C=O) groups is 1. The van der Waals surface area contributed by atoms with Crippen LogP contribution in [-0.2, 0) is 9.47 Å². The third kappa shape index (κ3) is 5.35. The Kier molecular flexibility index (Phi) is 5.95. The molecule has 1 aliphatic carbocycles. The van der Waals surface area contributed by atoms with E-state index in [1.54, 1.807) is 0 Å². The fraction of sp³-hybridized carbons (Fsp3) is 0.944. The van der Waals surface area contributed by atoms with Gasteiger partial charge in [0.05, 0.1) is 13.2 Å². The van der Waals surface area contributed by atoms with Gasteiger partial charge in [0.15, 0.2) is 0 Å². The van der Waals surface area contributed by atoms with Crippen molar-refractivity contribution in [1.29, 1.82) is 0 Å². The Hall–Kier alpha value is -0.810. The molecule has 2 aliphatic rings. The van der Waals surface area contributed by atoms with E-state index in [0.29, 0.717) is 5.92 Å². The second-order valence-corrected chi connectivity index (χ2v) is 8.55. The van der Waals surface area contributed by atoms with E-state index in [9.17, 15) is 4.79 Å². The number of hydrogen-bond acceptors (Lipinski definition) is 4. The molecule has 2 fully saturated rings. The molecule has 0 aromatic rings. The van der Waals surface area contributed by atoms with Gasteiger partial charge in [-0.2, -0.15) is 0 Å². The van der Waals surface area contributed by atoms with Crippen LogP contribution in [0.2, 0.25) is 0 Å². The minimum absolute atomic E-state index is 0.125. The van der Waals surface area contributed by atoms with Crippen molar-refractivity contribution in [3.05, 3.63) is 0 Å². The monoisotopic (exact) mass is 326 g/mol. The summed E-state index contributed by atoms with van der Waals surface area (Å²) in [4.78, 5) is 14.7. The summed E-state index contributed by atoms with van der Waals surface area (Å²) in [6.07, 6.45) is 4.38. The topological polar surface area (TPSA) is 50.8 Å². The highest BCUT2D eigenvalue weighted by atomic mass is 16.6. The van der Waals surface area contributed by atoms with Crippen LogP contribution in [0.25, 0.3) is 0 Å². The van der Waals surface area contributed by atoms with Crippen molar-refractivity contribution in [2.24, 2.45) is 5.92 Å². The summed E-state index contributed by atoms with van der Waals surface area (Å²) in [6.45, 7) is 13.6. The highest BCUT2D eigenvalue weighted by molar-refractivity contribution is 5.68. The van der Waals surface area contributed by atoms with E-state index in [-0.39, 0.29) is 17.7 Å². The Morgan fingerprint density at radius 2 is 2.04 bits per heavy atom. The maximum atomic E-state index is 12.2. The number of carbonyl (C=O) groups excluding carboxylic acids is 1.